The number of hydrogen-bond acceptors (Lipinski definition) is 3. The molecular weight excluding hydrogens is 365 g/mol. The standard InChI is InChI=1S/C9H5F11O3/c10-5(11,1-3-2-22-4(21)23-3)6(12,13)7(14,15)8(16,17)9(18,19)20/h3H,1-2H2. The summed E-state index contributed by atoms with van der Waals surface area (Å²) in [4.78, 5) is 10.4. The van der Waals surface area contributed by atoms with Gasteiger partial charge in [-0.1, -0.05) is 0 Å². The summed E-state index contributed by atoms with van der Waals surface area (Å²) in [6.45, 7) is -1.09. The van der Waals surface area contributed by atoms with Crippen molar-refractivity contribution in [2.24, 2.45) is 0 Å². The van der Waals surface area contributed by atoms with Crippen LogP contribution >= 0.6 is 0 Å². The molecule has 14 heteroatoms. The third-order valence-corrected chi connectivity index (χ3v) is 2.74. The van der Waals surface area contributed by atoms with Gasteiger partial charge < -0.3 is 9.47 Å². The summed E-state index contributed by atoms with van der Waals surface area (Å²) in [5.41, 5.74) is 0. The van der Waals surface area contributed by atoms with Crippen molar-refractivity contribution in [2.45, 2.75) is 42.4 Å². The molecule has 0 aromatic heterocycles. The minimum atomic E-state index is -7.47. The van der Waals surface area contributed by atoms with Gasteiger partial charge in [-0.15, -0.1) is 0 Å². The first-order valence-electron chi connectivity index (χ1n) is 5.39. The molecule has 0 bridgehead atoms. The zero-order valence-electron chi connectivity index (χ0n) is 10.4. The van der Waals surface area contributed by atoms with Crippen molar-refractivity contribution in [3.63, 3.8) is 0 Å². The molecule has 1 heterocycles. The lowest BCUT2D eigenvalue weighted by Gasteiger charge is -2.37. The maximum Gasteiger partial charge on any atom is 0.508 e. The van der Waals surface area contributed by atoms with Crippen molar-refractivity contribution >= 4 is 6.16 Å². The molecule has 0 spiro atoms. The Balaban J connectivity index is 3.13. The van der Waals surface area contributed by atoms with E-state index in [0.29, 0.717) is 0 Å². The molecule has 3 nitrogen and oxygen atoms in total. The molecule has 1 atom stereocenters. The third kappa shape index (κ3) is 2.98. The van der Waals surface area contributed by atoms with Crippen LogP contribution in [0.4, 0.5) is 53.1 Å². The molecule has 23 heavy (non-hydrogen) atoms. The minimum absolute atomic E-state index is 1.09. The smallest absolute Gasteiger partial charge is 0.430 e. The third-order valence-electron chi connectivity index (χ3n) is 2.74. The Morgan fingerprint density at radius 3 is 1.65 bits per heavy atom. The summed E-state index contributed by atoms with van der Waals surface area (Å²) in [5.74, 6) is -28.1. The van der Waals surface area contributed by atoms with Crippen molar-refractivity contribution in [3.05, 3.63) is 0 Å². The van der Waals surface area contributed by atoms with Crippen LogP contribution in [0.25, 0.3) is 0 Å². The van der Waals surface area contributed by atoms with Crippen molar-refractivity contribution < 1.29 is 62.6 Å². The first kappa shape index (κ1) is 19.5. The van der Waals surface area contributed by atoms with Crippen LogP contribution in [0.15, 0.2) is 0 Å². The zero-order valence-corrected chi connectivity index (χ0v) is 10.4. The van der Waals surface area contributed by atoms with Crippen LogP contribution in [0.5, 0.6) is 0 Å². The van der Waals surface area contributed by atoms with E-state index >= 15 is 0 Å². The van der Waals surface area contributed by atoms with Gasteiger partial charge >= 0.3 is 36.0 Å². The lowest BCUT2D eigenvalue weighted by atomic mass is 9.94. The molecule has 1 aliphatic rings. The monoisotopic (exact) mass is 370 g/mol. The van der Waals surface area contributed by atoms with Crippen LogP contribution in [0, 0.1) is 0 Å². The number of rotatable bonds is 5. The molecule has 0 N–H and O–H groups in total. The second-order valence-corrected chi connectivity index (χ2v) is 4.43. The summed E-state index contributed by atoms with van der Waals surface area (Å²) < 4.78 is 147. The van der Waals surface area contributed by atoms with Gasteiger partial charge in [0.2, 0.25) is 0 Å². The molecule has 0 aromatic rings. The maximum absolute atomic E-state index is 13.2. The van der Waals surface area contributed by atoms with Gasteiger partial charge in [0, 0.05) is 0 Å². The second-order valence-electron chi connectivity index (χ2n) is 4.43. The highest BCUT2D eigenvalue weighted by atomic mass is 19.4. The molecule has 0 aromatic carbocycles. The first-order chi connectivity index (χ1) is 9.97. The van der Waals surface area contributed by atoms with Gasteiger partial charge in [0.25, 0.3) is 0 Å². The Morgan fingerprint density at radius 2 is 1.30 bits per heavy atom. The van der Waals surface area contributed by atoms with Crippen molar-refractivity contribution in [1.29, 1.82) is 0 Å². The van der Waals surface area contributed by atoms with E-state index in [1.54, 1.807) is 0 Å². The molecule has 0 saturated carbocycles. The number of ether oxygens (including phenoxy) is 2. The molecule has 0 amide bonds. The van der Waals surface area contributed by atoms with Crippen LogP contribution < -0.4 is 0 Å². The van der Waals surface area contributed by atoms with E-state index in [2.05, 4.69) is 9.47 Å². The highest BCUT2D eigenvalue weighted by Crippen LogP contribution is 2.58. The van der Waals surface area contributed by atoms with Gasteiger partial charge in [-0.25, -0.2) is 4.79 Å². The predicted molar refractivity (Wildman–Crippen MR) is 46.7 cm³/mol. The van der Waals surface area contributed by atoms with Crippen molar-refractivity contribution in [3.8, 4) is 0 Å². The molecule has 1 unspecified atom stereocenters. The van der Waals surface area contributed by atoms with Gasteiger partial charge in [-0.3, -0.25) is 0 Å². The van der Waals surface area contributed by atoms with Crippen LogP contribution in [0.1, 0.15) is 6.42 Å². The Labute approximate surface area is 119 Å². The largest absolute Gasteiger partial charge is 0.508 e. The number of halogens is 11. The average molecular weight is 370 g/mol. The molecular formula is C9H5F11O3. The Bertz CT molecular complexity index is 470. The molecule has 1 fully saturated rings. The average Bonchev–Trinajstić information content (AvgIpc) is 2.71. The summed E-state index contributed by atoms with van der Waals surface area (Å²) in [7, 11) is 0. The highest BCUT2D eigenvalue weighted by Gasteiger charge is 2.87. The maximum atomic E-state index is 13.2. The molecule has 0 radical (unpaired) electrons. The Kier molecular flexibility index (Phi) is 4.47. The summed E-state index contributed by atoms with van der Waals surface area (Å²) in [6.07, 6.45) is -13.5. The Hall–Kier alpha value is -1.50. The van der Waals surface area contributed by atoms with Gasteiger partial charge in [-0.05, 0) is 0 Å². The summed E-state index contributed by atoms with van der Waals surface area (Å²) >= 11 is 0. The molecule has 1 aliphatic heterocycles. The van der Waals surface area contributed by atoms with Gasteiger partial charge in [-0.2, -0.15) is 48.3 Å². The van der Waals surface area contributed by atoms with Crippen LogP contribution in [0.2, 0.25) is 0 Å². The van der Waals surface area contributed by atoms with E-state index in [1.165, 1.54) is 0 Å². The van der Waals surface area contributed by atoms with E-state index in [1.807, 2.05) is 0 Å². The van der Waals surface area contributed by atoms with E-state index in [0.717, 1.165) is 0 Å². The minimum Gasteiger partial charge on any atom is -0.430 e. The fourth-order valence-electron chi connectivity index (χ4n) is 1.48. The molecule has 1 saturated heterocycles. The number of cyclic esters (lactones) is 2. The SMILES string of the molecule is O=C1OCC(CC(F)(F)C(F)(F)C(F)(F)C(F)(F)C(F)(F)F)O1. The van der Waals surface area contributed by atoms with Gasteiger partial charge in [0.15, 0.2) is 0 Å². The number of hydrogen-bond donors (Lipinski definition) is 0. The van der Waals surface area contributed by atoms with E-state index < -0.39 is 55.2 Å². The quantitative estimate of drug-likeness (QED) is 0.542. The topological polar surface area (TPSA) is 35.5 Å². The number of carbonyl (C=O) groups excluding carboxylic acids is 1. The molecule has 1 rings (SSSR count). The van der Waals surface area contributed by atoms with Crippen LogP contribution in [0.3, 0.4) is 0 Å². The number of alkyl halides is 11. The lowest BCUT2D eigenvalue weighted by Crippen LogP contribution is -2.66. The second kappa shape index (κ2) is 5.26. The van der Waals surface area contributed by atoms with E-state index in [4.69, 9.17) is 0 Å². The van der Waals surface area contributed by atoms with Crippen LogP contribution in [-0.4, -0.2) is 48.7 Å². The van der Waals surface area contributed by atoms with E-state index in [-0.39, 0.29) is 0 Å². The van der Waals surface area contributed by atoms with Crippen molar-refractivity contribution in [1.82, 2.24) is 0 Å². The van der Waals surface area contributed by atoms with Gasteiger partial charge in [0.1, 0.15) is 12.7 Å². The fourth-order valence-corrected chi connectivity index (χ4v) is 1.48. The number of carbonyl (C=O) groups is 1. The fraction of sp³-hybridized carbons (Fsp3) is 0.889. The molecule has 136 valence electrons. The van der Waals surface area contributed by atoms with Gasteiger partial charge in [0.05, 0.1) is 6.42 Å². The molecule has 0 aliphatic carbocycles. The van der Waals surface area contributed by atoms with E-state index in [9.17, 15) is 53.1 Å². The zero-order chi connectivity index (χ0) is 18.5. The summed E-state index contributed by atoms with van der Waals surface area (Å²) in [6, 6.07) is 0. The summed E-state index contributed by atoms with van der Waals surface area (Å²) in [5, 5.41) is 0. The highest BCUT2D eigenvalue weighted by molar-refractivity contribution is 5.61. The predicted octanol–water partition coefficient (Wildman–Crippen LogP) is 4.02. The normalized spacial score (nSPS) is 21.2. The van der Waals surface area contributed by atoms with Crippen LogP contribution in [-0.2, 0) is 9.47 Å². The Morgan fingerprint density at radius 1 is 0.826 bits per heavy atom. The lowest BCUT2D eigenvalue weighted by molar-refractivity contribution is -0.423. The first-order valence-corrected chi connectivity index (χ1v) is 5.39. The van der Waals surface area contributed by atoms with Crippen molar-refractivity contribution in [2.75, 3.05) is 6.61 Å².